The second-order valence-corrected chi connectivity index (χ2v) is 8.37. The van der Waals surface area contributed by atoms with Crippen LogP contribution in [0.1, 0.15) is 61.8 Å². The van der Waals surface area contributed by atoms with Gasteiger partial charge < -0.3 is 26.4 Å². The van der Waals surface area contributed by atoms with Gasteiger partial charge in [0, 0.05) is 0 Å². The highest BCUT2D eigenvalue weighted by atomic mass is 16.6. The quantitative estimate of drug-likeness (QED) is 0.458. The Morgan fingerprint density at radius 1 is 0.893 bits per heavy atom. The van der Waals surface area contributed by atoms with Crippen molar-refractivity contribution in [3.63, 3.8) is 0 Å². The Morgan fingerprint density at radius 2 is 1.39 bits per heavy atom. The molecule has 0 radical (unpaired) electrons. The summed E-state index contributed by atoms with van der Waals surface area (Å²) in [5.41, 5.74) is 4.47. The third-order valence-electron chi connectivity index (χ3n) is 4.20. The first-order chi connectivity index (χ1) is 12.7. The van der Waals surface area contributed by atoms with Gasteiger partial charge >= 0.3 is 6.09 Å². The zero-order valence-electron chi connectivity index (χ0n) is 18.2. The molecule has 0 aliphatic rings. The molecule has 9 heteroatoms. The maximum Gasteiger partial charge on any atom is 0.408 e. The normalized spacial score (nSPS) is 15.8. The number of carbonyl (C=O) groups is 4. The minimum absolute atomic E-state index is 0.187. The van der Waals surface area contributed by atoms with Crippen molar-refractivity contribution in [2.45, 2.75) is 85.5 Å². The van der Waals surface area contributed by atoms with Gasteiger partial charge in [0.05, 0.1) is 0 Å². The predicted octanol–water partition coefficient (Wildman–Crippen LogP) is 1.06. The highest BCUT2D eigenvalue weighted by Crippen LogP contribution is 2.12. The number of hydrogen-bond donors (Lipinski definition) is 4. The smallest absolute Gasteiger partial charge is 0.408 e. The average molecular weight is 401 g/mol. The van der Waals surface area contributed by atoms with E-state index < -0.39 is 47.5 Å². The number of amides is 4. The van der Waals surface area contributed by atoms with Crippen LogP contribution >= 0.6 is 0 Å². The lowest BCUT2D eigenvalue weighted by Gasteiger charge is -2.29. The number of carbonyl (C=O) groups excluding carboxylic acids is 4. The monoisotopic (exact) mass is 400 g/mol. The van der Waals surface area contributed by atoms with Crippen molar-refractivity contribution in [1.82, 2.24) is 16.0 Å². The molecule has 5 N–H and O–H groups in total. The van der Waals surface area contributed by atoms with Crippen LogP contribution in [0.5, 0.6) is 0 Å². The molecule has 0 aromatic heterocycles. The van der Waals surface area contributed by atoms with Crippen molar-refractivity contribution in [3.8, 4) is 0 Å². The van der Waals surface area contributed by atoms with E-state index >= 15 is 0 Å². The highest BCUT2D eigenvalue weighted by molar-refractivity contribution is 5.93. The van der Waals surface area contributed by atoms with Crippen molar-refractivity contribution in [2.24, 2.45) is 17.6 Å². The van der Waals surface area contributed by atoms with Crippen molar-refractivity contribution >= 4 is 23.8 Å². The van der Waals surface area contributed by atoms with Crippen LogP contribution in [0, 0.1) is 11.8 Å². The summed E-state index contributed by atoms with van der Waals surface area (Å²) in [6.45, 7) is 13.9. The zero-order chi connectivity index (χ0) is 22.2. The van der Waals surface area contributed by atoms with Gasteiger partial charge in [-0.2, -0.15) is 0 Å². The molecule has 0 unspecified atom stereocenters. The predicted molar refractivity (Wildman–Crippen MR) is 106 cm³/mol. The van der Waals surface area contributed by atoms with Gasteiger partial charge in [-0.05, 0) is 39.5 Å². The Kier molecular flexibility index (Phi) is 9.97. The minimum Gasteiger partial charge on any atom is -0.444 e. The highest BCUT2D eigenvalue weighted by Gasteiger charge is 2.33. The molecular weight excluding hydrogens is 364 g/mol. The Hall–Kier alpha value is -2.32. The van der Waals surface area contributed by atoms with E-state index in [1.165, 1.54) is 6.92 Å². The summed E-state index contributed by atoms with van der Waals surface area (Å²) >= 11 is 0. The first-order valence-electron chi connectivity index (χ1n) is 9.59. The van der Waals surface area contributed by atoms with Crippen LogP contribution in [0.4, 0.5) is 4.79 Å². The summed E-state index contributed by atoms with van der Waals surface area (Å²) < 4.78 is 5.23. The molecule has 0 heterocycles. The number of primary amides is 1. The largest absolute Gasteiger partial charge is 0.444 e. The van der Waals surface area contributed by atoms with Gasteiger partial charge in [-0.15, -0.1) is 0 Å². The fraction of sp³-hybridized carbons (Fsp3) is 0.789. The Labute approximate surface area is 167 Å². The fourth-order valence-corrected chi connectivity index (χ4v) is 2.29. The minimum atomic E-state index is -0.888. The van der Waals surface area contributed by atoms with E-state index in [4.69, 9.17) is 10.5 Å². The molecule has 0 rings (SSSR count). The van der Waals surface area contributed by atoms with Crippen LogP contribution in [-0.4, -0.2) is 47.5 Å². The van der Waals surface area contributed by atoms with Crippen molar-refractivity contribution in [1.29, 1.82) is 0 Å². The van der Waals surface area contributed by atoms with Crippen molar-refractivity contribution in [3.05, 3.63) is 0 Å². The van der Waals surface area contributed by atoms with Crippen LogP contribution < -0.4 is 21.7 Å². The van der Waals surface area contributed by atoms with Crippen LogP contribution in [0.15, 0.2) is 0 Å². The number of ether oxygens (including phenoxy) is 1. The molecule has 0 aromatic carbocycles. The molecular formula is C19H36N4O5. The lowest BCUT2D eigenvalue weighted by molar-refractivity contribution is -0.133. The standard InChI is InChI=1S/C19H36N4O5/c1-9-11(4)14(23-18(27)28-19(6,7)8)17(26)22-13(10(2)3)16(25)21-12(5)15(20)24/h10-14H,9H2,1-8H3,(H2,20,24)(H,21,25)(H,22,26)(H,23,27)/t11-,12-,13+,14-/m0/s1. The van der Waals surface area contributed by atoms with Gasteiger partial charge in [-0.3, -0.25) is 14.4 Å². The molecule has 0 fully saturated rings. The maximum atomic E-state index is 12.8. The van der Waals surface area contributed by atoms with Crippen LogP contribution in [0.2, 0.25) is 0 Å². The van der Waals surface area contributed by atoms with Crippen LogP contribution in [-0.2, 0) is 19.1 Å². The first kappa shape index (κ1) is 25.7. The molecule has 0 aliphatic carbocycles. The molecule has 162 valence electrons. The topological polar surface area (TPSA) is 140 Å². The van der Waals surface area contributed by atoms with E-state index in [1.807, 2.05) is 13.8 Å². The summed E-state index contributed by atoms with van der Waals surface area (Å²) in [4.78, 5) is 48.6. The maximum absolute atomic E-state index is 12.8. The Morgan fingerprint density at radius 3 is 1.79 bits per heavy atom. The van der Waals surface area contributed by atoms with Crippen molar-refractivity contribution in [2.75, 3.05) is 0 Å². The van der Waals surface area contributed by atoms with E-state index in [2.05, 4.69) is 16.0 Å². The second kappa shape index (κ2) is 10.9. The zero-order valence-corrected chi connectivity index (χ0v) is 18.2. The molecule has 0 aromatic rings. The van der Waals surface area contributed by atoms with Gasteiger partial charge in [0.2, 0.25) is 17.7 Å². The molecule has 4 amide bonds. The summed E-state index contributed by atoms with van der Waals surface area (Å²) in [7, 11) is 0. The van der Waals surface area contributed by atoms with E-state index in [9.17, 15) is 19.2 Å². The molecule has 0 bridgehead atoms. The molecule has 9 nitrogen and oxygen atoms in total. The summed E-state index contributed by atoms with van der Waals surface area (Å²) in [6.07, 6.45) is -0.0775. The Balaban J connectivity index is 5.30. The first-order valence-corrected chi connectivity index (χ1v) is 9.59. The summed E-state index contributed by atoms with van der Waals surface area (Å²) in [5.74, 6) is -2.13. The van der Waals surface area contributed by atoms with Crippen LogP contribution in [0.3, 0.4) is 0 Å². The van der Waals surface area contributed by atoms with Gasteiger partial charge in [-0.25, -0.2) is 4.79 Å². The second-order valence-electron chi connectivity index (χ2n) is 8.37. The third-order valence-corrected chi connectivity index (χ3v) is 4.20. The number of nitrogens with one attached hydrogen (secondary N) is 3. The number of alkyl carbamates (subject to hydrolysis) is 1. The van der Waals surface area contributed by atoms with Gasteiger partial charge in [0.25, 0.3) is 0 Å². The van der Waals surface area contributed by atoms with E-state index in [-0.39, 0.29) is 11.8 Å². The molecule has 28 heavy (non-hydrogen) atoms. The lowest BCUT2D eigenvalue weighted by Crippen LogP contribution is -2.58. The van der Waals surface area contributed by atoms with Crippen LogP contribution in [0.25, 0.3) is 0 Å². The van der Waals surface area contributed by atoms with E-state index in [0.29, 0.717) is 6.42 Å². The Bertz CT molecular complexity index is 571. The average Bonchev–Trinajstić information content (AvgIpc) is 2.54. The summed E-state index contributed by atoms with van der Waals surface area (Å²) in [5, 5.41) is 7.74. The number of rotatable bonds is 9. The van der Waals surface area contributed by atoms with Crippen molar-refractivity contribution < 1.29 is 23.9 Å². The third kappa shape index (κ3) is 9.05. The number of hydrogen-bond acceptors (Lipinski definition) is 5. The molecule has 0 spiro atoms. The summed E-state index contributed by atoms with van der Waals surface area (Å²) in [6, 6.07) is -2.63. The molecule has 4 atom stereocenters. The fourth-order valence-electron chi connectivity index (χ4n) is 2.29. The van der Waals surface area contributed by atoms with Gasteiger partial charge in [-0.1, -0.05) is 34.1 Å². The van der Waals surface area contributed by atoms with Gasteiger partial charge in [0.1, 0.15) is 23.7 Å². The molecule has 0 saturated carbocycles. The molecule has 0 aliphatic heterocycles. The van der Waals surface area contributed by atoms with E-state index in [0.717, 1.165) is 0 Å². The number of nitrogens with two attached hydrogens (primary N) is 1. The van der Waals surface area contributed by atoms with Gasteiger partial charge in [0.15, 0.2) is 0 Å². The SMILES string of the molecule is CC[C@H](C)[C@H](NC(=O)OC(C)(C)C)C(=O)N[C@@H](C(=O)N[C@@H](C)C(N)=O)C(C)C. The lowest BCUT2D eigenvalue weighted by atomic mass is 9.96. The molecule has 0 saturated heterocycles. The van der Waals surface area contributed by atoms with E-state index in [1.54, 1.807) is 34.6 Å².